The van der Waals surface area contributed by atoms with Gasteiger partial charge in [0, 0.05) is 24.8 Å². The van der Waals surface area contributed by atoms with Crippen molar-refractivity contribution in [2.24, 2.45) is 5.41 Å². The van der Waals surface area contributed by atoms with Gasteiger partial charge in [0.2, 0.25) is 5.91 Å². The summed E-state index contributed by atoms with van der Waals surface area (Å²) in [6, 6.07) is 5.61. The van der Waals surface area contributed by atoms with Gasteiger partial charge in [0.25, 0.3) is 0 Å². The lowest BCUT2D eigenvalue weighted by Gasteiger charge is -2.38. The lowest BCUT2D eigenvalue weighted by molar-refractivity contribution is -0.128. The summed E-state index contributed by atoms with van der Waals surface area (Å²) in [6.45, 7) is 7.17. The van der Waals surface area contributed by atoms with Crippen molar-refractivity contribution < 1.29 is 24.2 Å². The molecule has 1 amide bonds. The van der Waals surface area contributed by atoms with Crippen molar-refractivity contribution in [1.29, 1.82) is 0 Å². The molecule has 1 unspecified atom stereocenters. The predicted octanol–water partition coefficient (Wildman–Crippen LogP) is 2.41. The Bertz CT molecular complexity index is 1110. The van der Waals surface area contributed by atoms with Crippen molar-refractivity contribution in [2.45, 2.75) is 45.8 Å². The van der Waals surface area contributed by atoms with Crippen molar-refractivity contribution in [1.82, 2.24) is 14.9 Å². The van der Waals surface area contributed by atoms with Gasteiger partial charge in [-0.1, -0.05) is 6.07 Å². The average Bonchev–Trinajstić information content (AvgIpc) is 3.37. The second kappa shape index (κ2) is 8.96. The van der Waals surface area contributed by atoms with Crippen molar-refractivity contribution in [3.63, 3.8) is 0 Å². The summed E-state index contributed by atoms with van der Waals surface area (Å²) < 4.78 is 10.5. The van der Waals surface area contributed by atoms with E-state index in [0.717, 1.165) is 49.0 Å². The third-order valence-electron chi connectivity index (χ3n) is 7.49. The maximum Gasteiger partial charge on any atom is 0.338 e. The number of hydrogen-bond acceptors (Lipinski definition) is 8. The summed E-state index contributed by atoms with van der Waals surface area (Å²) in [6.07, 6.45) is 3.27. The van der Waals surface area contributed by atoms with Crippen LogP contribution in [0.25, 0.3) is 0 Å². The molecule has 9 heteroatoms. The fraction of sp³-hybridized carbons (Fsp3) is 0.520. The van der Waals surface area contributed by atoms with Crippen molar-refractivity contribution in [3.8, 4) is 6.01 Å². The molecule has 0 saturated carbocycles. The Hall–Kier alpha value is -3.04. The number of ether oxygens (including phenoxy) is 2. The van der Waals surface area contributed by atoms with Crippen LogP contribution in [0.3, 0.4) is 0 Å². The fourth-order valence-electron chi connectivity index (χ4n) is 5.42. The molecule has 4 heterocycles. The standard InChI is InChI=1S/C25H30N4O5/c1-3-33-24-26-10-6-21(27-24)29-13-9-25(23(29)32)7-11-28(12-8-25)14-20(30)17-4-5-18-19(16(17)2)15-34-22(18)31/h4-6,10,20,30H,3,7-9,11-15H2,1-2H3. The molecule has 34 heavy (non-hydrogen) atoms. The van der Waals surface area contributed by atoms with Crippen LogP contribution in [-0.2, 0) is 16.1 Å². The Morgan fingerprint density at radius 2 is 1.94 bits per heavy atom. The van der Waals surface area contributed by atoms with Gasteiger partial charge in [-0.2, -0.15) is 4.98 Å². The van der Waals surface area contributed by atoms with Crippen molar-refractivity contribution in [2.75, 3.05) is 37.7 Å². The zero-order chi connectivity index (χ0) is 23.9. The van der Waals surface area contributed by atoms with Crippen LogP contribution in [0.5, 0.6) is 6.01 Å². The molecule has 1 aromatic heterocycles. The van der Waals surface area contributed by atoms with E-state index >= 15 is 0 Å². The maximum absolute atomic E-state index is 13.4. The highest BCUT2D eigenvalue weighted by atomic mass is 16.5. The molecule has 3 aliphatic heterocycles. The number of cyclic esters (lactones) is 1. The topological polar surface area (TPSA) is 105 Å². The number of aliphatic hydroxyl groups is 1. The zero-order valence-corrected chi connectivity index (χ0v) is 19.6. The van der Waals surface area contributed by atoms with Crippen LogP contribution in [0.2, 0.25) is 0 Å². The van der Waals surface area contributed by atoms with Gasteiger partial charge in [0.1, 0.15) is 12.4 Å². The Labute approximate surface area is 198 Å². The first-order chi connectivity index (χ1) is 16.4. The minimum Gasteiger partial charge on any atom is -0.464 e. The molecule has 0 bridgehead atoms. The lowest BCUT2D eigenvalue weighted by atomic mass is 9.77. The molecule has 2 saturated heterocycles. The number of piperidine rings is 1. The summed E-state index contributed by atoms with van der Waals surface area (Å²) in [5.74, 6) is 0.410. The summed E-state index contributed by atoms with van der Waals surface area (Å²) in [5, 5.41) is 11.0. The van der Waals surface area contributed by atoms with E-state index in [0.29, 0.717) is 31.1 Å². The van der Waals surface area contributed by atoms with Crippen LogP contribution in [0.4, 0.5) is 5.82 Å². The van der Waals surface area contributed by atoms with Crippen LogP contribution in [-0.4, -0.2) is 64.6 Å². The van der Waals surface area contributed by atoms with E-state index in [1.54, 1.807) is 23.2 Å². The van der Waals surface area contributed by atoms with Gasteiger partial charge in [-0.15, -0.1) is 0 Å². The fourth-order valence-corrected chi connectivity index (χ4v) is 5.42. The Morgan fingerprint density at radius 1 is 1.18 bits per heavy atom. The minimum atomic E-state index is -0.663. The number of benzene rings is 1. The number of esters is 1. The second-order valence-corrected chi connectivity index (χ2v) is 9.32. The number of likely N-dealkylation sites (tertiary alicyclic amines) is 1. The number of fused-ring (bicyclic) bond motifs is 1. The molecule has 5 rings (SSSR count). The summed E-state index contributed by atoms with van der Waals surface area (Å²) >= 11 is 0. The first-order valence-electron chi connectivity index (χ1n) is 11.9. The van der Waals surface area contributed by atoms with Crippen molar-refractivity contribution in [3.05, 3.63) is 46.6 Å². The Morgan fingerprint density at radius 3 is 2.71 bits per heavy atom. The summed E-state index contributed by atoms with van der Waals surface area (Å²) in [7, 11) is 0. The van der Waals surface area contributed by atoms with E-state index in [4.69, 9.17) is 9.47 Å². The molecule has 1 N–H and O–H groups in total. The van der Waals surface area contributed by atoms with E-state index in [-0.39, 0.29) is 29.9 Å². The number of carbonyl (C=O) groups excluding carboxylic acids is 2. The van der Waals surface area contributed by atoms with Gasteiger partial charge in [-0.3, -0.25) is 9.69 Å². The maximum atomic E-state index is 13.4. The van der Waals surface area contributed by atoms with E-state index in [9.17, 15) is 14.7 Å². The van der Waals surface area contributed by atoms with Gasteiger partial charge in [-0.05, 0) is 69.5 Å². The normalized spacial score (nSPS) is 20.5. The molecule has 0 aliphatic carbocycles. The quantitative estimate of drug-likeness (QED) is 0.647. The largest absolute Gasteiger partial charge is 0.464 e. The molecule has 1 atom stereocenters. The van der Waals surface area contributed by atoms with E-state index < -0.39 is 6.10 Å². The molecule has 2 fully saturated rings. The van der Waals surface area contributed by atoms with Crippen LogP contribution < -0.4 is 9.64 Å². The van der Waals surface area contributed by atoms with Crippen LogP contribution >= 0.6 is 0 Å². The highest BCUT2D eigenvalue weighted by molar-refractivity contribution is 5.99. The van der Waals surface area contributed by atoms with Crippen molar-refractivity contribution >= 4 is 17.7 Å². The molecule has 1 spiro atoms. The molecule has 1 aromatic carbocycles. The monoisotopic (exact) mass is 466 g/mol. The first kappa shape index (κ1) is 22.7. The van der Waals surface area contributed by atoms with Gasteiger partial charge < -0.3 is 19.5 Å². The number of carbonyl (C=O) groups is 2. The van der Waals surface area contributed by atoms with Crippen LogP contribution in [0.1, 0.15) is 59.3 Å². The zero-order valence-electron chi connectivity index (χ0n) is 19.6. The first-order valence-corrected chi connectivity index (χ1v) is 11.9. The molecule has 0 radical (unpaired) electrons. The number of hydrogen-bond donors (Lipinski definition) is 1. The van der Waals surface area contributed by atoms with Gasteiger partial charge in [0.05, 0.1) is 23.7 Å². The van der Waals surface area contributed by atoms with Crippen LogP contribution in [0, 0.1) is 12.3 Å². The van der Waals surface area contributed by atoms with Gasteiger partial charge in [0.15, 0.2) is 0 Å². The molecular formula is C25H30N4O5. The van der Waals surface area contributed by atoms with E-state index in [1.165, 1.54) is 0 Å². The number of amides is 1. The lowest BCUT2D eigenvalue weighted by Crippen LogP contribution is -2.45. The Balaban J connectivity index is 1.22. The van der Waals surface area contributed by atoms with E-state index in [1.807, 2.05) is 19.9 Å². The Kier molecular flexibility index (Phi) is 5.99. The highest BCUT2D eigenvalue weighted by Gasteiger charge is 2.49. The molecule has 3 aliphatic rings. The number of aromatic nitrogens is 2. The predicted molar refractivity (Wildman–Crippen MR) is 124 cm³/mol. The van der Waals surface area contributed by atoms with Crippen LogP contribution in [0.15, 0.2) is 24.4 Å². The summed E-state index contributed by atoms with van der Waals surface area (Å²) in [4.78, 5) is 37.7. The molecule has 180 valence electrons. The minimum absolute atomic E-state index is 0.119. The number of anilines is 1. The third-order valence-corrected chi connectivity index (χ3v) is 7.49. The van der Waals surface area contributed by atoms with Gasteiger partial charge >= 0.3 is 12.0 Å². The number of β-amino-alcohol motifs (C(OH)–C–C–N with tert-alkyl or cyclic N) is 1. The second-order valence-electron chi connectivity index (χ2n) is 9.32. The smallest absolute Gasteiger partial charge is 0.338 e. The number of rotatable bonds is 6. The number of nitrogens with zero attached hydrogens (tertiary/aromatic N) is 4. The highest BCUT2D eigenvalue weighted by Crippen LogP contribution is 2.43. The summed E-state index contributed by atoms with van der Waals surface area (Å²) in [5.41, 5.74) is 2.83. The average molecular weight is 467 g/mol. The SMILES string of the molecule is CCOc1nccc(N2CCC3(CCN(CC(O)c4ccc5c(c4C)COC5=O)CC3)C2=O)n1. The molecule has 2 aromatic rings. The van der Waals surface area contributed by atoms with E-state index in [2.05, 4.69) is 14.9 Å². The third kappa shape index (κ3) is 3.92. The number of aliphatic hydroxyl groups excluding tert-OH is 1. The van der Waals surface area contributed by atoms with Gasteiger partial charge in [-0.25, -0.2) is 9.78 Å². The molecule has 9 nitrogen and oxygen atoms in total. The molecular weight excluding hydrogens is 436 g/mol.